The maximum Gasteiger partial charge on any atom is 0.330 e. The van der Waals surface area contributed by atoms with Crippen LogP contribution in [-0.4, -0.2) is 41.3 Å². The summed E-state index contributed by atoms with van der Waals surface area (Å²) in [7, 11) is 0. The molecule has 0 bridgehead atoms. The Bertz CT molecular complexity index is 562. The Morgan fingerprint density at radius 1 is 1.24 bits per heavy atom. The molecule has 0 spiro atoms. The van der Waals surface area contributed by atoms with E-state index in [1.165, 1.54) is 24.3 Å². The van der Waals surface area contributed by atoms with Crippen molar-refractivity contribution in [2.24, 2.45) is 0 Å². The van der Waals surface area contributed by atoms with E-state index >= 15 is 0 Å². The predicted octanol–water partition coefficient (Wildman–Crippen LogP) is 1.74. The number of rotatable bonds is 5. The zero-order valence-corrected chi connectivity index (χ0v) is 12.3. The largest absolute Gasteiger partial charge is 0.330 e. The van der Waals surface area contributed by atoms with E-state index in [2.05, 4.69) is 5.32 Å². The number of nitrogens with one attached hydrogen (secondary N) is 1. The van der Waals surface area contributed by atoms with Crippen LogP contribution in [0.5, 0.6) is 0 Å². The van der Waals surface area contributed by atoms with Gasteiger partial charge in [-0.2, -0.15) is 11.8 Å². The topological polar surface area (TPSA) is 66.5 Å². The van der Waals surface area contributed by atoms with Crippen LogP contribution in [0.4, 0.5) is 9.18 Å². The maximum atomic E-state index is 12.9. The van der Waals surface area contributed by atoms with Crippen molar-refractivity contribution in [3.05, 3.63) is 35.6 Å². The summed E-state index contributed by atoms with van der Waals surface area (Å²) < 4.78 is 12.9. The third kappa shape index (κ3) is 3.41. The van der Waals surface area contributed by atoms with E-state index in [0.717, 1.165) is 10.7 Å². The molecule has 0 radical (unpaired) electrons. The maximum absolute atomic E-state index is 12.9. The molecular weight excluding hydrogens is 295 g/mol. The Hall–Kier alpha value is -1.89. The molecule has 1 saturated heterocycles. The molecule has 7 heteroatoms. The lowest BCUT2D eigenvalue weighted by molar-refractivity contribution is -0.138. The Morgan fingerprint density at radius 2 is 1.90 bits per heavy atom. The molecule has 1 aromatic rings. The summed E-state index contributed by atoms with van der Waals surface area (Å²) in [5, 5.41) is 2.18. The molecule has 1 N–H and O–H groups in total. The fourth-order valence-electron chi connectivity index (χ4n) is 2.14. The van der Waals surface area contributed by atoms with Crippen LogP contribution >= 0.6 is 11.8 Å². The van der Waals surface area contributed by atoms with Crippen molar-refractivity contribution in [2.45, 2.75) is 12.3 Å². The third-order valence-electron chi connectivity index (χ3n) is 3.18. The van der Waals surface area contributed by atoms with E-state index in [0.29, 0.717) is 12.0 Å². The molecule has 4 amide bonds. The molecule has 0 aromatic heterocycles. The van der Waals surface area contributed by atoms with E-state index in [9.17, 15) is 18.8 Å². The van der Waals surface area contributed by atoms with Crippen molar-refractivity contribution >= 4 is 29.6 Å². The van der Waals surface area contributed by atoms with Crippen LogP contribution in [0, 0.1) is 5.82 Å². The lowest BCUT2D eigenvalue weighted by Gasteiger charge is -2.30. The molecular formula is C14H15FN2O3S. The summed E-state index contributed by atoms with van der Waals surface area (Å²) in [6.07, 6.45) is 2.59. The van der Waals surface area contributed by atoms with Gasteiger partial charge in [-0.25, -0.2) is 9.18 Å². The van der Waals surface area contributed by atoms with Gasteiger partial charge in [0.05, 0.1) is 0 Å². The van der Waals surface area contributed by atoms with Gasteiger partial charge in [0.15, 0.2) is 0 Å². The van der Waals surface area contributed by atoms with Gasteiger partial charge in [-0.1, -0.05) is 12.1 Å². The smallest absolute Gasteiger partial charge is 0.277 e. The highest BCUT2D eigenvalue weighted by Gasteiger charge is 2.40. The number of hydrogen-bond acceptors (Lipinski definition) is 4. The molecule has 1 heterocycles. The van der Waals surface area contributed by atoms with Crippen LogP contribution < -0.4 is 5.32 Å². The molecule has 0 saturated carbocycles. The number of amides is 4. The van der Waals surface area contributed by atoms with Gasteiger partial charge in [-0.15, -0.1) is 0 Å². The van der Waals surface area contributed by atoms with Gasteiger partial charge in [0.25, 0.3) is 0 Å². The summed E-state index contributed by atoms with van der Waals surface area (Å²) in [6, 6.07) is 4.44. The first-order valence-electron chi connectivity index (χ1n) is 6.45. The average molecular weight is 310 g/mol. The monoisotopic (exact) mass is 310 g/mol. The van der Waals surface area contributed by atoms with Crippen LogP contribution in [0.1, 0.15) is 17.9 Å². The molecule has 1 unspecified atom stereocenters. The van der Waals surface area contributed by atoms with Crippen molar-refractivity contribution in [3.8, 4) is 0 Å². The summed E-state index contributed by atoms with van der Waals surface area (Å²) in [5.41, 5.74) is 0.376. The Labute approximate surface area is 125 Å². The highest BCUT2D eigenvalue weighted by molar-refractivity contribution is 7.98. The van der Waals surface area contributed by atoms with Gasteiger partial charge in [0.1, 0.15) is 11.7 Å². The van der Waals surface area contributed by atoms with Gasteiger partial charge in [0, 0.05) is 6.54 Å². The van der Waals surface area contributed by atoms with Crippen LogP contribution in [0.2, 0.25) is 0 Å². The van der Waals surface area contributed by atoms with Crippen LogP contribution in [0.15, 0.2) is 24.3 Å². The SMILES string of the molecule is CSCCCN1C(=O)NC(=O)C(c2ccc(F)cc2)C1=O. The molecule has 1 aromatic carbocycles. The van der Waals surface area contributed by atoms with Gasteiger partial charge in [-0.05, 0) is 36.1 Å². The fraction of sp³-hybridized carbons (Fsp3) is 0.357. The number of carbonyl (C=O) groups is 3. The molecule has 1 atom stereocenters. The van der Waals surface area contributed by atoms with Crippen LogP contribution in [0.3, 0.4) is 0 Å². The summed E-state index contributed by atoms with van der Waals surface area (Å²) in [4.78, 5) is 37.1. The zero-order chi connectivity index (χ0) is 15.4. The van der Waals surface area contributed by atoms with Crippen molar-refractivity contribution in [3.63, 3.8) is 0 Å². The Morgan fingerprint density at radius 3 is 2.52 bits per heavy atom. The Kier molecular flexibility index (Phi) is 4.95. The number of hydrogen-bond donors (Lipinski definition) is 1. The summed E-state index contributed by atoms with van der Waals surface area (Å²) in [5.74, 6) is -1.96. The fourth-order valence-corrected chi connectivity index (χ4v) is 2.56. The first-order chi connectivity index (χ1) is 10.0. The molecule has 1 fully saturated rings. The molecule has 112 valence electrons. The zero-order valence-electron chi connectivity index (χ0n) is 11.5. The van der Waals surface area contributed by atoms with Crippen molar-refractivity contribution in [1.29, 1.82) is 0 Å². The number of thioether (sulfide) groups is 1. The second-order valence-corrected chi connectivity index (χ2v) is 5.60. The predicted molar refractivity (Wildman–Crippen MR) is 77.4 cm³/mol. The summed E-state index contributed by atoms with van der Waals surface area (Å²) in [6.45, 7) is 0.260. The van der Waals surface area contributed by atoms with Crippen LogP contribution in [0.25, 0.3) is 0 Å². The van der Waals surface area contributed by atoms with Crippen molar-refractivity contribution in [1.82, 2.24) is 10.2 Å². The molecule has 0 aliphatic carbocycles. The highest BCUT2D eigenvalue weighted by atomic mass is 32.2. The number of carbonyl (C=O) groups excluding carboxylic acids is 3. The normalized spacial score (nSPS) is 18.9. The minimum absolute atomic E-state index is 0.260. The number of benzene rings is 1. The first kappa shape index (κ1) is 15.5. The molecule has 21 heavy (non-hydrogen) atoms. The standard InChI is InChI=1S/C14H15FN2O3S/c1-21-8-2-7-17-13(19)11(12(18)16-14(17)20)9-3-5-10(15)6-4-9/h3-6,11H,2,7-8H2,1H3,(H,16,18,20). The minimum atomic E-state index is -1.10. The van der Waals surface area contributed by atoms with Crippen LogP contribution in [-0.2, 0) is 9.59 Å². The second kappa shape index (κ2) is 6.71. The first-order valence-corrected chi connectivity index (χ1v) is 7.84. The number of urea groups is 1. The van der Waals surface area contributed by atoms with Gasteiger partial charge in [0.2, 0.25) is 11.8 Å². The van der Waals surface area contributed by atoms with Crippen molar-refractivity contribution in [2.75, 3.05) is 18.6 Å². The van der Waals surface area contributed by atoms with E-state index in [1.54, 1.807) is 11.8 Å². The molecule has 1 aliphatic heterocycles. The minimum Gasteiger partial charge on any atom is -0.277 e. The number of barbiturate groups is 1. The van der Waals surface area contributed by atoms with Gasteiger partial charge >= 0.3 is 6.03 Å². The van der Waals surface area contributed by atoms with Crippen molar-refractivity contribution < 1.29 is 18.8 Å². The van der Waals surface area contributed by atoms with Gasteiger partial charge in [-0.3, -0.25) is 19.8 Å². The quantitative estimate of drug-likeness (QED) is 0.664. The van der Waals surface area contributed by atoms with E-state index in [-0.39, 0.29) is 6.54 Å². The number of imide groups is 2. The molecule has 5 nitrogen and oxygen atoms in total. The van der Waals surface area contributed by atoms with Gasteiger partial charge < -0.3 is 0 Å². The highest BCUT2D eigenvalue weighted by Crippen LogP contribution is 2.23. The third-order valence-corrected chi connectivity index (χ3v) is 3.88. The van der Waals surface area contributed by atoms with E-state index in [4.69, 9.17) is 0 Å². The molecule has 2 rings (SSSR count). The Balaban J connectivity index is 2.20. The second-order valence-electron chi connectivity index (χ2n) is 4.62. The molecule has 1 aliphatic rings. The summed E-state index contributed by atoms with van der Waals surface area (Å²) >= 11 is 1.61. The number of halogens is 1. The average Bonchev–Trinajstić information content (AvgIpc) is 2.44. The number of nitrogens with zero attached hydrogens (tertiary/aromatic N) is 1. The van der Waals surface area contributed by atoms with E-state index < -0.39 is 29.6 Å². The lowest BCUT2D eigenvalue weighted by Crippen LogP contribution is -2.57. The van der Waals surface area contributed by atoms with E-state index in [1.807, 2.05) is 6.26 Å². The lowest BCUT2D eigenvalue weighted by atomic mass is 9.95.